The summed E-state index contributed by atoms with van der Waals surface area (Å²) in [7, 11) is 0. The summed E-state index contributed by atoms with van der Waals surface area (Å²) < 4.78 is 25.9. The Labute approximate surface area is 143 Å². The van der Waals surface area contributed by atoms with E-state index in [1.54, 1.807) is 0 Å². The molecule has 2 aromatic rings. The van der Waals surface area contributed by atoms with Gasteiger partial charge >= 0.3 is 0 Å². The molecule has 0 aliphatic carbocycles. The second-order valence-electron chi connectivity index (χ2n) is 5.45. The third-order valence-electron chi connectivity index (χ3n) is 3.50. The van der Waals surface area contributed by atoms with E-state index >= 15 is 0 Å². The first kappa shape index (κ1) is 18.5. The van der Waals surface area contributed by atoms with Crippen LogP contribution < -0.4 is 10.6 Å². The molecular weight excluding hydrogens is 330 g/mol. The van der Waals surface area contributed by atoms with Crippen LogP contribution in [0.25, 0.3) is 0 Å². The van der Waals surface area contributed by atoms with Gasteiger partial charge in [-0.15, -0.1) is 0 Å². The van der Waals surface area contributed by atoms with Crippen molar-refractivity contribution in [1.29, 1.82) is 0 Å². The van der Waals surface area contributed by atoms with E-state index in [0.29, 0.717) is 6.42 Å². The molecule has 0 aliphatic rings. The number of benzene rings is 2. The van der Waals surface area contributed by atoms with Gasteiger partial charge in [0.15, 0.2) is 11.6 Å². The van der Waals surface area contributed by atoms with Crippen molar-refractivity contribution < 1.29 is 23.5 Å². The Bertz CT molecular complexity index is 738. The average Bonchev–Trinajstić information content (AvgIpc) is 2.62. The fourth-order valence-electron chi connectivity index (χ4n) is 2.24. The number of carbonyl (C=O) groups is 2. The first-order valence-corrected chi connectivity index (χ1v) is 7.67. The van der Waals surface area contributed by atoms with Crippen LogP contribution in [-0.2, 0) is 11.2 Å². The van der Waals surface area contributed by atoms with Crippen molar-refractivity contribution in [2.24, 2.45) is 0 Å². The Hall–Kier alpha value is -2.80. The molecule has 0 fully saturated rings. The van der Waals surface area contributed by atoms with Crippen molar-refractivity contribution >= 4 is 11.8 Å². The Balaban J connectivity index is 1.84. The number of rotatable bonds is 7. The predicted octanol–water partition coefficient (Wildman–Crippen LogP) is 1.41. The second-order valence-corrected chi connectivity index (χ2v) is 5.45. The molecule has 5 nitrogen and oxygen atoms in total. The van der Waals surface area contributed by atoms with Gasteiger partial charge in [-0.2, -0.15) is 0 Å². The summed E-state index contributed by atoms with van der Waals surface area (Å²) in [6.45, 7) is -0.596. The first-order valence-electron chi connectivity index (χ1n) is 7.67. The van der Waals surface area contributed by atoms with Crippen molar-refractivity contribution in [3.8, 4) is 0 Å². The number of amides is 2. The lowest BCUT2D eigenvalue weighted by Crippen LogP contribution is -2.44. The van der Waals surface area contributed by atoms with Crippen LogP contribution in [0.5, 0.6) is 0 Å². The normalized spacial score (nSPS) is 11.6. The maximum atomic E-state index is 13.1. The Kier molecular flexibility index (Phi) is 6.59. The van der Waals surface area contributed by atoms with E-state index in [1.807, 2.05) is 30.3 Å². The van der Waals surface area contributed by atoms with Gasteiger partial charge in [-0.05, 0) is 30.2 Å². The van der Waals surface area contributed by atoms with E-state index in [2.05, 4.69) is 10.6 Å². The lowest BCUT2D eigenvalue weighted by atomic mass is 10.1. The number of carbonyl (C=O) groups excluding carboxylic acids is 2. The fourth-order valence-corrected chi connectivity index (χ4v) is 2.24. The van der Waals surface area contributed by atoms with Crippen LogP contribution in [-0.4, -0.2) is 36.1 Å². The molecule has 2 rings (SSSR count). The molecule has 2 aromatic carbocycles. The molecule has 0 radical (unpaired) electrons. The number of aliphatic hydroxyl groups excluding tert-OH is 1. The lowest BCUT2D eigenvalue weighted by molar-refractivity contribution is -0.121. The van der Waals surface area contributed by atoms with E-state index in [0.717, 1.165) is 23.8 Å². The van der Waals surface area contributed by atoms with Crippen molar-refractivity contribution in [3.63, 3.8) is 0 Å². The fraction of sp³-hybridized carbons (Fsp3) is 0.222. The molecule has 0 aliphatic heterocycles. The topological polar surface area (TPSA) is 78.4 Å². The summed E-state index contributed by atoms with van der Waals surface area (Å²) in [5, 5.41) is 14.3. The smallest absolute Gasteiger partial charge is 0.251 e. The number of halogens is 2. The standard InChI is InChI=1S/C18H18F2N2O3/c19-15-7-6-13(9-16(15)20)18(25)21-10-17(24)22-14(11-23)8-12-4-2-1-3-5-12/h1-7,9,14,23H,8,10-11H2,(H,21,25)(H,22,24). The van der Waals surface area contributed by atoms with Gasteiger partial charge < -0.3 is 15.7 Å². The summed E-state index contributed by atoms with van der Waals surface area (Å²) in [5.74, 6) is -3.38. The van der Waals surface area contributed by atoms with Crippen LogP contribution in [0.2, 0.25) is 0 Å². The lowest BCUT2D eigenvalue weighted by Gasteiger charge is -2.16. The third-order valence-corrected chi connectivity index (χ3v) is 3.50. The van der Waals surface area contributed by atoms with Crippen LogP contribution in [0.3, 0.4) is 0 Å². The van der Waals surface area contributed by atoms with Gasteiger partial charge in [0.1, 0.15) is 0 Å². The second kappa shape index (κ2) is 8.89. The molecule has 132 valence electrons. The Morgan fingerprint density at radius 3 is 2.40 bits per heavy atom. The van der Waals surface area contributed by atoms with Crippen molar-refractivity contribution in [2.45, 2.75) is 12.5 Å². The highest BCUT2D eigenvalue weighted by Crippen LogP contribution is 2.08. The van der Waals surface area contributed by atoms with E-state index in [4.69, 9.17) is 0 Å². The number of aliphatic hydroxyl groups is 1. The monoisotopic (exact) mass is 348 g/mol. The minimum Gasteiger partial charge on any atom is -0.394 e. The van der Waals surface area contributed by atoms with E-state index in [1.165, 1.54) is 0 Å². The molecular formula is C18H18F2N2O3. The molecule has 2 amide bonds. The quantitative estimate of drug-likeness (QED) is 0.708. The number of hydrogen-bond donors (Lipinski definition) is 3. The summed E-state index contributed by atoms with van der Waals surface area (Å²) in [6.07, 6.45) is 0.445. The summed E-state index contributed by atoms with van der Waals surface area (Å²) >= 11 is 0. The molecule has 7 heteroatoms. The number of hydrogen-bond acceptors (Lipinski definition) is 3. The van der Waals surface area contributed by atoms with Gasteiger partial charge in [-0.1, -0.05) is 30.3 Å². The van der Waals surface area contributed by atoms with Crippen molar-refractivity contribution in [1.82, 2.24) is 10.6 Å². The van der Waals surface area contributed by atoms with Crippen LogP contribution in [0, 0.1) is 11.6 Å². The highest BCUT2D eigenvalue weighted by atomic mass is 19.2. The minimum absolute atomic E-state index is 0.0882. The SMILES string of the molecule is O=C(CNC(=O)c1ccc(F)c(F)c1)NC(CO)Cc1ccccc1. The van der Waals surface area contributed by atoms with Gasteiger partial charge in [0, 0.05) is 5.56 Å². The van der Waals surface area contributed by atoms with E-state index in [-0.39, 0.29) is 18.7 Å². The summed E-state index contributed by atoms with van der Waals surface area (Å²) in [6, 6.07) is 11.6. The van der Waals surface area contributed by atoms with Crippen LogP contribution in [0.15, 0.2) is 48.5 Å². The van der Waals surface area contributed by atoms with Gasteiger partial charge in [0.05, 0.1) is 19.2 Å². The van der Waals surface area contributed by atoms with Gasteiger partial charge in [-0.3, -0.25) is 9.59 Å². The molecule has 0 aromatic heterocycles. The van der Waals surface area contributed by atoms with Crippen LogP contribution >= 0.6 is 0 Å². The summed E-state index contributed by atoms with van der Waals surface area (Å²) in [4.78, 5) is 23.7. The summed E-state index contributed by atoms with van der Waals surface area (Å²) in [5.41, 5.74) is 0.863. The molecule has 3 N–H and O–H groups in total. The zero-order valence-electron chi connectivity index (χ0n) is 13.3. The van der Waals surface area contributed by atoms with Gasteiger partial charge in [-0.25, -0.2) is 8.78 Å². The van der Waals surface area contributed by atoms with Crippen LogP contribution in [0.4, 0.5) is 8.78 Å². The maximum Gasteiger partial charge on any atom is 0.251 e. The highest BCUT2D eigenvalue weighted by molar-refractivity contribution is 5.96. The highest BCUT2D eigenvalue weighted by Gasteiger charge is 2.14. The van der Waals surface area contributed by atoms with E-state index < -0.39 is 29.5 Å². The Morgan fingerprint density at radius 2 is 1.76 bits per heavy atom. The Morgan fingerprint density at radius 1 is 1.04 bits per heavy atom. The third kappa shape index (κ3) is 5.65. The molecule has 0 heterocycles. The maximum absolute atomic E-state index is 13.1. The zero-order chi connectivity index (χ0) is 18.2. The molecule has 1 atom stereocenters. The molecule has 0 bridgehead atoms. The van der Waals surface area contributed by atoms with Gasteiger partial charge in [0.25, 0.3) is 5.91 Å². The number of nitrogens with one attached hydrogen (secondary N) is 2. The molecule has 0 spiro atoms. The van der Waals surface area contributed by atoms with Crippen LogP contribution in [0.1, 0.15) is 15.9 Å². The van der Waals surface area contributed by atoms with Gasteiger partial charge in [0.2, 0.25) is 5.91 Å². The minimum atomic E-state index is -1.14. The predicted molar refractivity (Wildman–Crippen MR) is 87.9 cm³/mol. The molecule has 0 saturated heterocycles. The van der Waals surface area contributed by atoms with E-state index in [9.17, 15) is 23.5 Å². The molecule has 25 heavy (non-hydrogen) atoms. The van der Waals surface area contributed by atoms with Crippen molar-refractivity contribution in [3.05, 3.63) is 71.3 Å². The zero-order valence-corrected chi connectivity index (χ0v) is 13.3. The molecule has 0 saturated carbocycles. The molecule has 1 unspecified atom stereocenters. The first-order chi connectivity index (χ1) is 12.0. The van der Waals surface area contributed by atoms with Crippen molar-refractivity contribution in [2.75, 3.05) is 13.2 Å². The largest absolute Gasteiger partial charge is 0.394 e. The average molecular weight is 348 g/mol.